The zero-order valence-electron chi connectivity index (χ0n) is 22.2. The van der Waals surface area contributed by atoms with E-state index in [1.807, 2.05) is 6.08 Å². The third-order valence-electron chi connectivity index (χ3n) is 7.03. The van der Waals surface area contributed by atoms with Gasteiger partial charge < -0.3 is 5.73 Å². The Labute approximate surface area is 222 Å². The van der Waals surface area contributed by atoms with Gasteiger partial charge in [0, 0.05) is 11.6 Å². The molecule has 2 atom stereocenters. The molecule has 0 saturated heterocycles. The van der Waals surface area contributed by atoms with Gasteiger partial charge in [-0.1, -0.05) is 142 Å². The average molecular weight is 484 g/mol. The number of hydrogen-bond acceptors (Lipinski definition) is 1. The van der Waals surface area contributed by atoms with Crippen molar-refractivity contribution < 1.29 is 0 Å². The largest absolute Gasteiger partial charge is 0.399 e. The molecular formula is C36H37N. The van der Waals surface area contributed by atoms with Crippen LogP contribution in [0.3, 0.4) is 0 Å². The minimum atomic E-state index is 0.211. The number of nitrogens with two attached hydrogens (primary N) is 1. The summed E-state index contributed by atoms with van der Waals surface area (Å²) in [7, 11) is 0. The van der Waals surface area contributed by atoms with Crippen molar-refractivity contribution in [2.75, 3.05) is 0 Å². The van der Waals surface area contributed by atoms with Gasteiger partial charge in [-0.3, -0.25) is 0 Å². The summed E-state index contributed by atoms with van der Waals surface area (Å²) in [6, 6.07) is 23.9. The fraction of sp³-hybridized carbons (Fsp3) is 0.167. The Morgan fingerprint density at radius 3 is 2.46 bits per heavy atom. The Balaban J connectivity index is 1.78. The van der Waals surface area contributed by atoms with E-state index in [9.17, 15) is 0 Å². The maximum Gasteiger partial charge on any atom is 0.0346 e. The van der Waals surface area contributed by atoms with E-state index in [1.54, 1.807) is 0 Å². The van der Waals surface area contributed by atoms with E-state index in [0.717, 1.165) is 23.3 Å². The quantitative estimate of drug-likeness (QED) is 0.371. The highest BCUT2D eigenvalue weighted by atomic mass is 14.6. The van der Waals surface area contributed by atoms with Crippen LogP contribution in [0.4, 0.5) is 0 Å². The van der Waals surface area contributed by atoms with Gasteiger partial charge in [0.25, 0.3) is 0 Å². The van der Waals surface area contributed by atoms with E-state index in [4.69, 9.17) is 5.73 Å². The molecule has 4 rings (SSSR count). The smallest absolute Gasteiger partial charge is 0.0346 e. The van der Waals surface area contributed by atoms with Crippen LogP contribution in [0.1, 0.15) is 42.9 Å². The van der Waals surface area contributed by atoms with Crippen LogP contribution in [0, 0.1) is 12.8 Å². The Morgan fingerprint density at radius 1 is 0.919 bits per heavy atom. The topological polar surface area (TPSA) is 26.0 Å². The molecule has 0 aliphatic heterocycles. The van der Waals surface area contributed by atoms with Crippen molar-refractivity contribution in [2.45, 2.75) is 33.1 Å². The molecule has 0 heterocycles. The molecule has 0 amide bonds. The minimum absolute atomic E-state index is 0.211. The molecule has 1 aliphatic rings. The minimum Gasteiger partial charge on any atom is -0.399 e. The molecule has 3 aromatic rings. The summed E-state index contributed by atoms with van der Waals surface area (Å²) in [4.78, 5) is 0. The fourth-order valence-corrected chi connectivity index (χ4v) is 5.05. The highest BCUT2D eigenvalue weighted by Crippen LogP contribution is 2.40. The number of allylic oxidation sites excluding steroid dienone is 8. The molecule has 0 aromatic heterocycles. The molecule has 2 N–H and O–H groups in total. The van der Waals surface area contributed by atoms with Crippen molar-refractivity contribution in [3.63, 3.8) is 0 Å². The second kappa shape index (κ2) is 12.2. The summed E-state index contributed by atoms with van der Waals surface area (Å²) >= 11 is 0. The van der Waals surface area contributed by atoms with E-state index < -0.39 is 0 Å². The monoisotopic (exact) mass is 483 g/mol. The Hall–Kier alpha value is -4.10. The van der Waals surface area contributed by atoms with Gasteiger partial charge in [0.1, 0.15) is 0 Å². The molecule has 0 saturated carbocycles. The van der Waals surface area contributed by atoms with Crippen molar-refractivity contribution in [3.8, 4) is 22.3 Å². The predicted molar refractivity (Wildman–Crippen MR) is 162 cm³/mol. The van der Waals surface area contributed by atoms with Crippen LogP contribution in [0.15, 0.2) is 133 Å². The molecule has 3 aromatic carbocycles. The van der Waals surface area contributed by atoms with Gasteiger partial charge in [-0.15, -0.1) is 0 Å². The Bertz CT molecular complexity index is 1400. The zero-order chi connectivity index (χ0) is 26.2. The van der Waals surface area contributed by atoms with Gasteiger partial charge in [0.2, 0.25) is 0 Å². The van der Waals surface area contributed by atoms with Crippen LogP contribution in [0.25, 0.3) is 28.3 Å². The second-order valence-electron chi connectivity index (χ2n) is 9.61. The first-order chi connectivity index (χ1) is 18.0. The van der Waals surface area contributed by atoms with Crippen LogP contribution in [0.5, 0.6) is 0 Å². The van der Waals surface area contributed by atoms with Crippen molar-refractivity contribution in [1.29, 1.82) is 0 Å². The summed E-state index contributed by atoms with van der Waals surface area (Å²) in [5.74, 6) is 0.502. The number of hydrogen-bond donors (Lipinski definition) is 1. The first kappa shape index (κ1) is 26.0. The lowest BCUT2D eigenvalue weighted by molar-refractivity contribution is 0.643. The number of aryl methyl sites for hydroxylation is 1. The van der Waals surface area contributed by atoms with E-state index in [0.29, 0.717) is 5.92 Å². The first-order valence-corrected chi connectivity index (χ1v) is 13.1. The molecule has 1 heteroatoms. The van der Waals surface area contributed by atoms with Gasteiger partial charge in [-0.05, 0) is 63.8 Å². The molecule has 1 nitrogen and oxygen atoms in total. The standard InChI is InChI=1S/C36H37N/c1-5-14-35(37)30-18-10-11-21-32(26(3)15-12-20-30)34-22-13-19-28(6-2)36(34)33-24-23-31(25-27(33)4)29-16-8-7-9-17-29/h6-26,32H,2,5,37H2,1,3-4H3/b15-12-,18-10-,21-11-,30-20+,35-14+. The van der Waals surface area contributed by atoms with Gasteiger partial charge >= 0.3 is 0 Å². The highest BCUT2D eigenvalue weighted by molar-refractivity contribution is 5.82. The summed E-state index contributed by atoms with van der Waals surface area (Å²) in [6.07, 6.45) is 20.1. The van der Waals surface area contributed by atoms with Gasteiger partial charge in [-0.2, -0.15) is 0 Å². The number of rotatable bonds is 6. The van der Waals surface area contributed by atoms with E-state index in [-0.39, 0.29) is 5.92 Å². The molecule has 37 heavy (non-hydrogen) atoms. The van der Waals surface area contributed by atoms with Gasteiger partial charge in [0.15, 0.2) is 0 Å². The normalized spacial score (nSPS) is 21.9. The maximum atomic E-state index is 6.27. The molecule has 0 radical (unpaired) electrons. The number of benzene rings is 3. The molecule has 1 aliphatic carbocycles. The van der Waals surface area contributed by atoms with Crippen molar-refractivity contribution in [2.24, 2.45) is 11.7 Å². The third-order valence-corrected chi connectivity index (χ3v) is 7.03. The fourth-order valence-electron chi connectivity index (χ4n) is 5.05. The lowest BCUT2D eigenvalue weighted by Crippen LogP contribution is -2.08. The molecule has 0 bridgehead atoms. The average Bonchev–Trinajstić information content (AvgIpc) is 2.92. The predicted octanol–water partition coefficient (Wildman–Crippen LogP) is 9.55. The molecule has 186 valence electrons. The molecular weight excluding hydrogens is 446 g/mol. The summed E-state index contributed by atoms with van der Waals surface area (Å²) in [6.45, 7) is 10.7. The second-order valence-corrected chi connectivity index (χ2v) is 9.61. The summed E-state index contributed by atoms with van der Waals surface area (Å²) < 4.78 is 0. The van der Waals surface area contributed by atoms with Crippen LogP contribution in [-0.4, -0.2) is 0 Å². The zero-order valence-corrected chi connectivity index (χ0v) is 22.2. The summed E-state index contributed by atoms with van der Waals surface area (Å²) in [5.41, 5.74) is 16.8. The Kier molecular flexibility index (Phi) is 8.59. The molecule has 0 fully saturated rings. The van der Waals surface area contributed by atoms with E-state index in [1.165, 1.54) is 33.4 Å². The van der Waals surface area contributed by atoms with Gasteiger partial charge in [-0.25, -0.2) is 0 Å². The van der Waals surface area contributed by atoms with Crippen molar-refractivity contribution in [1.82, 2.24) is 0 Å². The molecule has 2 unspecified atom stereocenters. The van der Waals surface area contributed by atoms with Crippen LogP contribution in [-0.2, 0) is 0 Å². The van der Waals surface area contributed by atoms with Crippen molar-refractivity contribution in [3.05, 3.63) is 150 Å². The third kappa shape index (κ3) is 6.01. The first-order valence-electron chi connectivity index (χ1n) is 13.1. The SMILES string of the molecule is C=Cc1cccc(C2/C=C\C=C/C(C(/N)=C\CC)=C\C=C/C2C)c1-c1ccc(-c2ccccc2)cc1C. The van der Waals surface area contributed by atoms with E-state index >= 15 is 0 Å². The lowest BCUT2D eigenvalue weighted by Gasteiger charge is -2.24. The van der Waals surface area contributed by atoms with Crippen LogP contribution in [0.2, 0.25) is 0 Å². The van der Waals surface area contributed by atoms with E-state index in [2.05, 4.69) is 143 Å². The van der Waals surface area contributed by atoms with Gasteiger partial charge in [0.05, 0.1) is 0 Å². The van der Waals surface area contributed by atoms with Crippen molar-refractivity contribution >= 4 is 6.08 Å². The van der Waals surface area contributed by atoms with Crippen LogP contribution >= 0.6 is 0 Å². The summed E-state index contributed by atoms with van der Waals surface area (Å²) in [5, 5.41) is 0. The van der Waals surface area contributed by atoms with Crippen LogP contribution < -0.4 is 5.73 Å². The maximum absolute atomic E-state index is 6.27. The highest BCUT2D eigenvalue weighted by Gasteiger charge is 2.21. The Morgan fingerprint density at radius 2 is 1.73 bits per heavy atom. The lowest BCUT2D eigenvalue weighted by atomic mass is 9.79. The molecule has 0 spiro atoms.